The number of unbranched alkanes of at least 4 members (excludes halogenated alkanes) is 3. The summed E-state index contributed by atoms with van der Waals surface area (Å²) in [5.74, 6) is -1.08. The van der Waals surface area contributed by atoms with Crippen molar-refractivity contribution in [2.45, 2.75) is 39.2 Å². The molecule has 150 valence electrons. The topological polar surface area (TPSA) is 96.6 Å². The molecule has 0 bridgehead atoms. The molecule has 0 spiro atoms. The first-order valence-corrected chi connectivity index (χ1v) is 9.71. The third-order valence-electron chi connectivity index (χ3n) is 4.67. The van der Waals surface area contributed by atoms with Crippen molar-refractivity contribution in [1.82, 2.24) is 15.0 Å². The second-order valence-corrected chi connectivity index (χ2v) is 6.74. The summed E-state index contributed by atoms with van der Waals surface area (Å²) in [5.41, 5.74) is 2.81. The van der Waals surface area contributed by atoms with Crippen LogP contribution >= 0.6 is 0 Å². The zero-order chi connectivity index (χ0) is 20.6. The fourth-order valence-electron chi connectivity index (χ4n) is 3.19. The zero-order valence-corrected chi connectivity index (χ0v) is 16.3. The third kappa shape index (κ3) is 4.68. The first kappa shape index (κ1) is 20.3. The molecule has 0 radical (unpaired) electrons. The smallest absolute Gasteiger partial charge is 0.280 e. The van der Waals surface area contributed by atoms with Crippen LogP contribution in [0.15, 0.2) is 58.7 Å². The number of benzene rings is 1. The van der Waals surface area contributed by atoms with Crippen molar-refractivity contribution in [2.75, 3.05) is 0 Å². The Bertz CT molecular complexity index is 1070. The number of pyridine rings is 2. The van der Waals surface area contributed by atoms with Crippen molar-refractivity contribution in [3.8, 4) is 5.75 Å². The van der Waals surface area contributed by atoms with Crippen molar-refractivity contribution in [1.29, 1.82) is 0 Å². The molecule has 1 aromatic carbocycles. The first-order chi connectivity index (χ1) is 14.1. The van der Waals surface area contributed by atoms with E-state index in [1.807, 2.05) is 6.07 Å². The van der Waals surface area contributed by atoms with E-state index in [2.05, 4.69) is 22.4 Å². The Hall–Kier alpha value is -3.48. The number of para-hydroxylation sites is 1. The van der Waals surface area contributed by atoms with E-state index < -0.39 is 11.5 Å². The van der Waals surface area contributed by atoms with Crippen LogP contribution in [0.4, 0.5) is 0 Å². The van der Waals surface area contributed by atoms with Gasteiger partial charge in [0.25, 0.3) is 11.5 Å². The van der Waals surface area contributed by atoms with E-state index in [0.29, 0.717) is 23.0 Å². The summed E-state index contributed by atoms with van der Waals surface area (Å²) < 4.78 is 1.56. The van der Waals surface area contributed by atoms with Crippen molar-refractivity contribution in [3.63, 3.8) is 0 Å². The van der Waals surface area contributed by atoms with Crippen LogP contribution in [-0.4, -0.2) is 26.8 Å². The molecule has 0 aliphatic heterocycles. The van der Waals surface area contributed by atoms with E-state index in [0.717, 1.165) is 25.7 Å². The Morgan fingerprint density at radius 2 is 2.03 bits per heavy atom. The van der Waals surface area contributed by atoms with Gasteiger partial charge < -0.3 is 9.67 Å². The van der Waals surface area contributed by atoms with Crippen LogP contribution in [0, 0.1) is 0 Å². The molecule has 2 aromatic heterocycles. The number of hydrazone groups is 1. The number of aromatic hydroxyl groups is 1. The lowest BCUT2D eigenvalue weighted by Crippen LogP contribution is -2.31. The molecule has 2 N–H and O–H groups in total. The molecule has 7 nitrogen and oxygen atoms in total. The lowest BCUT2D eigenvalue weighted by atomic mass is 10.1. The summed E-state index contributed by atoms with van der Waals surface area (Å²) >= 11 is 0. The standard InChI is InChI=1S/C22H24N4O3/c1-2-3-4-7-13-26-18-11-6-5-10-17(18)20(27)19(22(26)29)21(28)25-24-15-16-9-8-12-23-14-16/h5-6,8-12,14-15,27H,2-4,7,13H2,1H3,(H,25,28)/b24-15-. The van der Waals surface area contributed by atoms with Crippen LogP contribution in [0.1, 0.15) is 48.5 Å². The predicted molar refractivity (Wildman–Crippen MR) is 113 cm³/mol. The fourth-order valence-corrected chi connectivity index (χ4v) is 3.19. The number of carbonyl (C=O) groups is 1. The van der Waals surface area contributed by atoms with E-state index in [1.54, 1.807) is 47.3 Å². The zero-order valence-electron chi connectivity index (χ0n) is 16.3. The summed E-state index contributed by atoms with van der Waals surface area (Å²) in [6.07, 6.45) is 8.64. The highest BCUT2D eigenvalue weighted by Gasteiger charge is 2.21. The molecule has 0 unspecified atom stereocenters. The number of nitrogens with one attached hydrogen (secondary N) is 1. The maximum absolute atomic E-state index is 13.0. The summed E-state index contributed by atoms with van der Waals surface area (Å²) in [7, 11) is 0. The molecular formula is C22H24N4O3. The number of aromatic nitrogens is 2. The van der Waals surface area contributed by atoms with Gasteiger partial charge in [0, 0.05) is 29.9 Å². The normalized spacial score (nSPS) is 11.2. The number of rotatable bonds is 8. The van der Waals surface area contributed by atoms with Gasteiger partial charge in [0.1, 0.15) is 11.3 Å². The molecule has 0 aliphatic carbocycles. The van der Waals surface area contributed by atoms with Gasteiger partial charge in [-0.2, -0.15) is 5.10 Å². The van der Waals surface area contributed by atoms with Crippen molar-refractivity contribution in [3.05, 3.63) is 70.3 Å². The number of nitrogens with zero attached hydrogens (tertiary/aromatic N) is 3. The van der Waals surface area contributed by atoms with Crippen LogP contribution in [0.2, 0.25) is 0 Å². The number of hydrogen-bond donors (Lipinski definition) is 2. The van der Waals surface area contributed by atoms with E-state index in [4.69, 9.17) is 0 Å². The van der Waals surface area contributed by atoms with E-state index in [-0.39, 0.29) is 11.3 Å². The summed E-state index contributed by atoms with van der Waals surface area (Å²) in [6, 6.07) is 10.6. The van der Waals surface area contributed by atoms with Crippen LogP contribution in [0.5, 0.6) is 5.75 Å². The minimum Gasteiger partial charge on any atom is -0.506 e. The van der Waals surface area contributed by atoms with Gasteiger partial charge >= 0.3 is 0 Å². The molecule has 29 heavy (non-hydrogen) atoms. The van der Waals surface area contributed by atoms with E-state index in [9.17, 15) is 14.7 Å². The number of carbonyl (C=O) groups excluding carboxylic acids is 1. The summed E-state index contributed by atoms with van der Waals surface area (Å²) in [4.78, 5) is 29.6. The highest BCUT2D eigenvalue weighted by atomic mass is 16.3. The van der Waals surface area contributed by atoms with Crippen LogP contribution < -0.4 is 11.0 Å². The van der Waals surface area contributed by atoms with Crippen molar-refractivity contribution < 1.29 is 9.90 Å². The largest absolute Gasteiger partial charge is 0.506 e. The Labute approximate surface area is 168 Å². The molecule has 0 aliphatic rings. The van der Waals surface area contributed by atoms with Gasteiger partial charge in [0.15, 0.2) is 0 Å². The van der Waals surface area contributed by atoms with Gasteiger partial charge in [-0.1, -0.05) is 44.4 Å². The SMILES string of the molecule is CCCCCCn1c(=O)c(C(=O)N/N=C\c2cccnc2)c(O)c2ccccc21. The molecule has 0 saturated carbocycles. The minimum atomic E-state index is -0.749. The van der Waals surface area contributed by atoms with Gasteiger partial charge in [-0.05, 0) is 24.6 Å². The van der Waals surface area contributed by atoms with Crippen LogP contribution in [-0.2, 0) is 6.54 Å². The Balaban J connectivity index is 1.93. The average molecular weight is 392 g/mol. The Morgan fingerprint density at radius 1 is 1.21 bits per heavy atom. The molecular weight excluding hydrogens is 368 g/mol. The summed E-state index contributed by atoms with van der Waals surface area (Å²) in [6.45, 7) is 2.61. The molecule has 3 aromatic rings. The second-order valence-electron chi connectivity index (χ2n) is 6.74. The van der Waals surface area contributed by atoms with E-state index >= 15 is 0 Å². The van der Waals surface area contributed by atoms with Gasteiger partial charge in [-0.25, -0.2) is 5.43 Å². The second kappa shape index (κ2) is 9.64. The number of hydrogen-bond acceptors (Lipinski definition) is 5. The first-order valence-electron chi connectivity index (χ1n) is 9.71. The maximum atomic E-state index is 13.0. The third-order valence-corrected chi connectivity index (χ3v) is 4.67. The highest BCUT2D eigenvalue weighted by molar-refractivity contribution is 6.02. The lowest BCUT2D eigenvalue weighted by molar-refractivity contribution is 0.0950. The highest BCUT2D eigenvalue weighted by Crippen LogP contribution is 2.26. The maximum Gasteiger partial charge on any atom is 0.280 e. The Morgan fingerprint density at radius 3 is 2.79 bits per heavy atom. The molecule has 0 fully saturated rings. The van der Waals surface area contributed by atoms with Crippen LogP contribution in [0.3, 0.4) is 0 Å². The van der Waals surface area contributed by atoms with Crippen molar-refractivity contribution >= 4 is 23.0 Å². The predicted octanol–water partition coefficient (Wildman–Crippen LogP) is 3.45. The molecule has 0 saturated heterocycles. The number of fused-ring (bicyclic) bond motifs is 1. The van der Waals surface area contributed by atoms with Gasteiger partial charge in [-0.3, -0.25) is 14.6 Å². The quantitative estimate of drug-likeness (QED) is 0.349. The molecule has 7 heteroatoms. The van der Waals surface area contributed by atoms with Gasteiger partial charge in [0.2, 0.25) is 0 Å². The lowest BCUT2D eigenvalue weighted by Gasteiger charge is -2.14. The van der Waals surface area contributed by atoms with E-state index in [1.165, 1.54) is 6.21 Å². The van der Waals surface area contributed by atoms with Crippen LogP contribution in [0.25, 0.3) is 10.9 Å². The van der Waals surface area contributed by atoms with Gasteiger partial charge in [-0.15, -0.1) is 0 Å². The fraction of sp³-hybridized carbons (Fsp3) is 0.273. The monoisotopic (exact) mass is 392 g/mol. The number of aryl methyl sites for hydroxylation is 1. The molecule has 0 atom stereocenters. The summed E-state index contributed by atoms with van der Waals surface area (Å²) in [5, 5.41) is 14.9. The van der Waals surface area contributed by atoms with Crippen molar-refractivity contribution in [2.24, 2.45) is 5.10 Å². The Kier molecular flexibility index (Phi) is 6.73. The average Bonchev–Trinajstić information content (AvgIpc) is 2.74. The molecule has 1 amide bonds. The molecule has 2 heterocycles. The number of amides is 1. The van der Waals surface area contributed by atoms with Gasteiger partial charge in [0.05, 0.1) is 11.7 Å². The molecule has 3 rings (SSSR count). The minimum absolute atomic E-state index is 0.303.